The summed E-state index contributed by atoms with van der Waals surface area (Å²) in [5, 5.41) is 2.66. The van der Waals surface area contributed by atoms with Crippen molar-refractivity contribution >= 4 is 12.1 Å². The molecule has 0 spiro atoms. The van der Waals surface area contributed by atoms with Crippen molar-refractivity contribution in [2.24, 2.45) is 0 Å². The van der Waals surface area contributed by atoms with E-state index >= 15 is 0 Å². The van der Waals surface area contributed by atoms with Crippen molar-refractivity contribution in [2.75, 3.05) is 6.54 Å². The monoisotopic (exact) mass is 561 g/mol. The number of alkyl halides is 3. The molecule has 1 atom stereocenters. The fourth-order valence-corrected chi connectivity index (χ4v) is 4.05. The first-order valence-corrected chi connectivity index (χ1v) is 12.9. The second kappa shape index (κ2) is 13.4. The maximum absolute atomic E-state index is 13.4. The minimum Gasteiger partial charge on any atom is -0.460 e. The minimum atomic E-state index is -4.58. The molecule has 1 unspecified atom stereocenters. The smallest absolute Gasteiger partial charge is 0.416 e. The third kappa shape index (κ3) is 9.32. The molecule has 8 nitrogen and oxygen atoms in total. The summed E-state index contributed by atoms with van der Waals surface area (Å²) in [5.41, 5.74) is -1.10. The highest BCUT2D eigenvalue weighted by Crippen LogP contribution is 2.32. The number of alkyl carbamates (subject to hydrolysis) is 1. The lowest BCUT2D eigenvalue weighted by Crippen LogP contribution is -2.31. The average Bonchev–Trinajstić information content (AvgIpc) is 3.24. The molecule has 0 aliphatic carbocycles. The van der Waals surface area contributed by atoms with Crippen molar-refractivity contribution in [3.8, 4) is 0 Å². The van der Waals surface area contributed by atoms with Gasteiger partial charge in [0.05, 0.1) is 18.0 Å². The number of esters is 1. The molecule has 11 heteroatoms. The van der Waals surface area contributed by atoms with E-state index in [0.717, 1.165) is 17.7 Å². The SMILES string of the molecule is CC(C)(C)OC(=O)CC(c1cccc(C(F)(F)F)c1)n1ccn(CCCCNC(=O)OCc2ccccc2)c1=O. The molecule has 0 aliphatic rings. The van der Waals surface area contributed by atoms with Crippen LogP contribution in [0.4, 0.5) is 18.0 Å². The van der Waals surface area contributed by atoms with E-state index in [1.54, 1.807) is 20.8 Å². The number of aryl methyl sites for hydroxylation is 1. The maximum atomic E-state index is 13.4. The molecule has 2 aromatic carbocycles. The number of halogens is 3. The van der Waals surface area contributed by atoms with Gasteiger partial charge in [-0.25, -0.2) is 9.59 Å². The van der Waals surface area contributed by atoms with Crippen LogP contribution in [0.25, 0.3) is 0 Å². The van der Waals surface area contributed by atoms with E-state index in [2.05, 4.69) is 5.32 Å². The summed E-state index contributed by atoms with van der Waals surface area (Å²) >= 11 is 0. The van der Waals surface area contributed by atoms with Gasteiger partial charge in [-0.1, -0.05) is 42.5 Å². The normalized spacial score (nSPS) is 12.6. The molecule has 0 bridgehead atoms. The number of ether oxygens (including phenoxy) is 2. The molecule has 1 aromatic heterocycles. The number of benzene rings is 2. The molecule has 3 rings (SSSR count). The third-order valence-corrected chi connectivity index (χ3v) is 5.90. The van der Waals surface area contributed by atoms with Crippen molar-refractivity contribution in [1.82, 2.24) is 14.5 Å². The fourth-order valence-electron chi connectivity index (χ4n) is 4.05. The highest BCUT2D eigenvalue weighted by Gasteiger charge is 2.32. The van der Waals surface area contributed by atoms with Gasteiger partial charge < -0.3 is 14.8 Å². The molecule has 0 saturated heterocycles. The summed E-state index contributed by atoms with van der Waals surface area (Å²) in [7, 11) is 0. The van der Waals surface area contributed by atoms with Gasteiger partial charge >= 0.3 is 23.9 Å². The van der Waals surface area contributed by atoms with Gasteiger partial charge in [0.15, 0.2) is 0 Å². The van der Waals surface area contributed by atoms with Crippen LogP contribution in [0.3, 0.4) is 0 Å². The summed E-state index contributed by atoms with van der Waals surface area (Å²) in [4.78, 5) is 37.7. The van der Waals surface area contributed by atoms with Crippen LogP contribution < -0.4 is 11.0 Å². The predicted octanol–water partition coefficient (Wildman–Crippen LogP) is 5.70. The Morgan fingerprint density at radius 3 is 2.38 bits per heavy atom. The van der Waals surface area contributed by atoms with Gasteiger partial charge in [0.1, 0.15) is 12.2 Å². The number of amides is 1. The Hall–Kier alpha value is -4.02. The van der Waals surface area contributed by atoms with Crippen LogP contribution in [0.15, 0.2) is 71.8 Å². The number of rotatable bonds is 11. The van der Waals surface area contributed by atoms with Crippen LogP contribution in [0.5, 0.6) is 0 Å². The molecule has 1 heterocycles. The Morgan fingerprint density at radius 1 is 0.975 bits per heavy atom. The van der Waals surface area contributed by atoms with Gasteiger partial charge in [0.25, 0.3) is 0 Å². The van der Waals surface area contributed by atoms with Crippen molar-refractivity contribution < 1.29 is 32.2 Å². The Bertz CT molecular complexity index is 1330. The molecule has 0 aliphatic heterocycles. The fraction of sp³-hybridized carbons (Fsp3) is 0.414. The number of unbranched alkanes of at least 4 members (excludes halogenated alkanes) is 1. The Labute approximate surface area is 230 Å². The summed E-state index contributed by atoms with van der Waals surface area (Å²) in [5.74, 6) is -0.639. The van der Waals surface area contributed by atoms with Crippen molar-refractivity contribution in [2.45, 2.75) is 71.0 Å². The van der Waals surface area contributed by atoms with E-state index < -0.39 is 41.1 Å². The highest BCUT2D eigenvalue weighted by atomic mass is 19.4. The second-order valence-corrected chi connectivity index (χ2v) is 10.3. The van der Waals surface area contributed by atoms with Gasteiger partial charge in [0.2, 0.25) is 0 Å². The van der Waals surface area contributed by atoms with E-state index in [0.29, 0.717) is 25.9 Å². The first-order valence-electron chi connectivity index (χ1n) is 12.9. The van der Waals surface area contributed by atoms with Crippen LogP contribution in [0.2, 0.25) is 0 Å². The summed E-state index contributed by atoms with van der Waals surface area (Å²) in [6.45, 7) is 5.87. The van der Waals surface area contributed by atoms with Crippen molar-refractivity contribution in [3.63, 3.8) is 0 Å². The topological polar surface area (TPSA) is 91.6 Å². The van der Waals surface area contributed by atoms with E-state index in [1.165, 1.54) is 33.7 Å². The number of nitrogens with one attached hydrogen (secondary N) is 1. The van der Waals surface area contributed by atoms with Crippen LogP contribution in [-0.4, -0.2) is 33.3 Å². The Morgan fingerprint density at radius 2 is 1.70 bits per heavy atom. The van der Waals surface area contributed by atoms with Gasteiger partial charge in [-0.15, -0.1) is 0 Å². The molecule has 1 amide bonds. The highest BCUT2D eigenvalue weighted by molar-refractivity contribution is 5.71. The number of hydrogen-bond donors (Lipinski definition) is 1. The Balaban J connectivity index is 1.63. The lowest BCUT2D eigenvalue weighted by atomic mass is 10.0. The van der Waals surface area contributed by atoms with Gasteiger partial charge in [0, 0.05) is 25.5 Å². The zero-order valence-electron chi connectivity index (χ0n) is 22.7. The summed E-state index contributed by atoms with van der Waals surface area (Å²) < 4.78 is 53.3. The van der Waals surface area contributed by atoms with E-state index in [9.17, 15) is 27.6 Å². The minimum absolute atomic E-state index is 0.159. The molecule has 0 fully saturated rings. The van der Waals surface area contributed by atoms with Gasteiger partial charge in [-0.05, 0) is 56.9 Å². The zero-order chi connectivity index (χ0) is 29.3. The molecule has 0 radical (unpaired) electrons. The Kier molecular flexibility index (Phi) is 10.2. The third-order valence-electron chi connectivity index (χ3n) is 5.90. The molecule has 0 saturated carbocycles. The first kappa shape index (κ1) is 30.5. The predicted molar refractivity (Wildman–Crippen MR) is 143 cm³/mol. The molecular weight excluding hydrogens is 527 g/mol. The quantitative estimate of drug-likeness (QED) is 0.240. The first-order chi connectivity index (χ1) is 18.8. The zero-order valence-corrected chi connectivity index (χ0v) is 22.7. The number of imidazole rings is 1. The molecule has 40 heavy (non-hydrogen) atoms. The average molecular weight is 562 g/mol. The number of carbonyl (C=O) groups is 2. The summed E-state index contributed by atoms with van der Waals surface area (Å²) in [6.07, 6.45) is -1.35. The van der Waals surface area contributed by atoms with Crippen LogP contribution >= 0.6 is 0 Å². The van der Waals surface area contributed by atoms with E-state index in [-0.39, 0.29) is 18.6 Å². The van der Waals surface area contributed by atoms with Crippen molar-refractivity contribution in [3.05, 3.63) is 94.2 Å². The van der Waals surface area contributed by atoms with E-state index in [1.807, 2.05) is 30.3 Å². The van der Waals surface area contributed by atoms with Crippen LogP contribution in [0.1, 0.15) is 62.8 Å². The number of nitrogens with zero attached hydrogens (tertiary/aromatic N) is 2. The van der Waals surface area contributed by atoms with E-state index in [4.69, 9.17) is 9.47 Å². The number of carbonyl (C=O) groups excluding carboxylic acids is 2. The molecule has 1 N–H and O–H groups in total. The van der Waals surface area contributed by atoms with Crippen LogP contribution in [0, 0.1) is 0 Å². The number of aromatic nitrogens is 2. The van der Waals surface area contributed by atoms with Gasteiger partial charge in [-0.3, -0.25) is 13.9 Å². The van der Waals surface area contributed by atoms with Crippen molar-refractivity contribution in [1.29, 1.82) is 0 Å². The van der Waals surface area contributed by atoms with Gasteiger partial charge in [-0.2, -0.15) is 13.2 Å². The standard InChI is InChI=1S/C29H34F3N3O5/c1-28(2,3)40-25(36)19-24(22-12-9-13-23(18-22)29(30,31)32)35-17-16-34(27(35)38)15-8-7-14-33-26(37)39-20-21-10-5-4-6-11-21/h4-6,9-13,16-18,24H,7-8,14-15,19-20H2,1-3H3,(H,33,37). The maximum Gasteiger partial charge on any atom is 0.416 e. The lowest BCUT2D eigenvalue weighted by molar-refractivity contribution is -0.155. The lowest BCUT2D eigenvalue weighted by Gasteiger charge is -2.23. The summed E-state index contributed by atoms with van der Waals surface area (Å²) in [6, 6.07) is 12.9. The molecule has 216 valence electrons. The molecular formula is C29H34F3N3O5. The molecule has 3 aromatic rings. The largest absolute Gasteiger partial charge is 0.460 e. The van der Waals surface area contributed by atoms with Crippen LogP contribution in [-0.2, 0) is 33.6 Å². The second-order valence-electron chi connectivity index (χ2n) is 10.3. The number of hydrogen-bond acceptors (Lipinski definition) is 5.